The third kappa shape index (κ3) is 3.32. The highest BCUT2D eigenvalue weighted by molar-refractivity contribution is 5.90. The van der Waals surface area contributed by atoms with Gasteiger partial charge in [0.05, 0.1) is 19.1 Å². The summed E-state index contributed by atoms with van der Waals surface area (Å²) in [4.78, 5) is 42.1. The first-order valence-corrected chi connectivity index (χ1v) is 10.8. The van der Waals surface area contributed by atoms with Gasteiger partial charge in [-0.1, -0.05) is 18.2 Å². The van der Waals surface area contributed by atoms with Gasteiger partial charge in [0.2, 0.25) is 11.8 Å². The number of likely N-dealkylation sites (tertiary alicyclic amines) is 2. The Morgan fingerprint density at radius 2 is 1.81 bits per heavy atom. The number of amides is 2. The second kappa shape index (κ2) is 7.55. The Morgan fingerprint density at radius 1 is 1.03 bits per heavy atom. The zero-order valence-electron chi connectivity index (χ0n) is 17.9. The van der Waals surface area contributed by atoms with E-state index in [1.807, 2.05) is 39.8 Å². The van der Waals surface area contributed by atoms with E-state index in [9.17, 15) is 14.4 Å². The fourth-order valence-electron chi connectivity index (χ4n) is 5.66. The summed E-state index contributed by atoms with van der Waals surface area (Å²) in [6.07, 6.45) is 1.23. The molecule has 0 N–H and O–H groups in total. The largest absolute Gasteiger partial charge is 0.497 e. The number of piperidine rings is 1. The van der Waals surface area contributed by atoms with E-state index in [2.05, 4.69) is 0 Å². The van der Waals surface area contributed by atoms with Gasteiger partial charge in [-0.3, -0.25) is 14.4 Å². The first-order chi connectivity index (χ1) is 15.0. The number of hydrogen-bond acceptors (Lipinski definition) is 4. The Bertz CT molecular complexity index is 1080. The van der Waals surface area contributed by atoms with Gasteiger partial charge < -0.3 is 19.1 Å². The van der Waals surface area contributed by atoms with Crippen molar-refractivity contribution in [2.75, 3.05) is 27.2 Å². The molecular formula is C24H27N3O4. The summed E-state index contributed by atoms with van der Waals surface area (Å²) >= 11 is 0. The predicted molar refractivity (Wildman–Crippen MR) is 115 cm³/mol. The summed E-state index contributed by atoms with van der Waals surface area (Å²) < 4.78 is 7.12. The normalized spacial score (nSPS) is 27.2. The number of ether oxygens (including phenoxy) is 1. The minimum absolute atomic E-state index is 0.00623. The van der Waals surface area contributed by atoms with E-state index in [4.69, 9.17) is 4.74 Å². The lowest BCUT2D eigenvalue weighted by molar-refractivity contribution is -0.139. The molecule has 3 aliphatic rings. The molecule has 31 heavy (non-hydrogen) atoms. The molecule has 7 nitrogen and oxygen atoms in total. The average molecular weight is 421 g/mol. The molecule has 4 heterocycles. The van der Waals surface area contributed by atoms with E-state index in [0.29, 0.717) is 19.6 Å². The lowest BCUT2D eigenvalue weighted by atomic mass is 9.82. The zero-order valence-corrected chi connectivity index (χ0v) is 17.9. The maximum Gasteiger partial charge on any atom is 0.250 e. The molecule has 0 aliphatic carbocycles. The second-order valence-corrected chi connectivity index (χ2v) is 8.97. The van der Waals surface area contributed by atoms with Crippen molar-refractivity contribution in [2.45, 2.75) is 31.3 Å². The number of aromatic nitrogens is 1. The van der Waals surface area contributed by atoms with E-state index in [-0.39, 0.29) is 41.7 Å². The number of pyridine rings is 1. The van der Waals surface area contributed by atoms with Crippen LogP contribution in [0.15, 0.2) is 47.3 Å². The Balaban J connectivity index is 1.41. The fraction of sp³-hybridized carbons (Fsp3) is 0.458. The molecule has 0 radical (unpaired) electrons. The molecule has 2 amide bonds. The van der Waals surface area contributed by atoms with Gasteiger partial charge in [-0.05, 0) is 36.1 Å². The SMILES string of the molecule is COc1ccc([C@H]2[C@H](C(=O)N3C[C@H]4C[C@@H](C3)c3cccc(=O)n3C4)CC(=O)N2C)cc1. The second-order valence-electron chi connectivity index (χ2n) is 8.97. The number of rotatable bonds is 3. The fourth-order valence-corrected chi connectivity index (χ4v) is 5.66. The molecule has 162 valence electrons. The highest BCUT2D eigenvalue weighted by Crippen LogP contribution is 2.41. The van der Waals surface area contributed by atoms with Gasteiger partial charge in [0.25, 0.3) is 5.56 Å². The standard InChI is InChI=1S/C24H27N3O4/c1-25-22(29)11-19(23(25)16-6-8-18(31-2)9-7-16)24(30)26-12-15-10-17(14-26)20-4-3-5-21(28)27(20)13-15/h3-9,15,17,19,23H,10-14H2,1-2H3/t15-,17+,19-,23+/m1/s1. The van der Waals surface area contributed by atoms with Gasteiger partial charge >= 0.3 is 0 Å². The summed E-state index contributed by atoms with van der Waals surface area (Å²) in [6, 6.07) is 12.7. The van der Waals surface area contributed by atoms with Crippen molar-refractivity contribution in [3.63, 3.8) is 0 Å². The van der Waals surface area contributed by atoms with Crippen molar-refractivity contribution in [2.24, 2.45) is 11.8 Å². The third-order valence-corrected chi connectivity index (χ3v) is 7.15. The van der Waals surface area contributed by atoms with Crippen molar-refractivity contribution >= 4 is 11.8 Å². The van der Waals surface area contributed by atoms with E-state index in [1.165, 1.54) is 0 Å². The van der Waals surface area contributed by atoms with Crippen LogP contribution in [-0.4, -0.2) is 53.4 Å². The van der Waals surface area contributed by atoms with Crippen LogP contribution in [-0.2, 0) is 16.1 Å². The van der Waals surface area contributed by atoms with Crippen molar-refractivity contribution in [1.82, 2.24) is 14.4 Å². The van der Waals surface area contributed by atoms with Crippen molar-refractivity contribution in [3.8, 4) is 5.75 Å². The minimum atomic E-state index is -0.400. The van der Waals surface area contributed by atoms with Crippen LogP contribution in [0.5, 0.6) is 5.75 Å². The first-order valence-electron chi connectivity index (χ1n) is 10.8. The van der Waals surface area contributed by atoms with Crippen LogP contribution < -0.4 is 10.3 Å². The summed E-state index contributed by atoms with van der Waals surface area (Å²) in [5.41, 5.74) is 2.00. The molecule has 0 saturated carbocycles. The molecule has 1 aromatic carbocycles. The Hall–Kier alpha value is -3.09. The summed E-state index contributed by atoms with van der Waals surface area (Å²) in [5, 5.41) is 0. The summed E-state index contributed by atoms with van der Waals surface area (Å²) in [6.45, 7) is 1.89. The van der Waals surface area contributed by atoms with Crippen molar-refractivity contribution in [1.29, 1.82) is 0 Å². The van der Waals surface area contributed by atoms with Gasteiger partial charge in [-0.15, -0.1) is 0 Å². The lowest BCUT2D eigenvalue weighted by Crippen LogP contribution is -2.51. The van der Waals surface area contributed by atoms with E-state index in [0.717, 1.165) is 23.4 Å². The van der Waals surface area contributed by atoms with Crippen LogP contribution in [0, 0.1) is 11.8 Å². The molecule has 7 heteroatoms. The Morgan fingerprint density at radius 3 is 2.55 bits per heavy atom. The van der Waals surface area contributed by atoms with Gasteiger partial charge in [-0.25, -0.2) is 0 Å². The molecule has 3 aliphatic heterocycles. The number of benzene rings is 1. The van der Waals surface area contributed by atoms with Gasteiger partial charge in [0.15, 0.2) is 0 Å². The molecule has 2 fully saturated rings. The summed E-state index contributed by atoms with van der Waals surface area (Å²) in [5.74, 6) is 0.816. The maximum atomic E-state index is 13.7. The Labute approximate surface area is 181 Å². The van der Waals surface area contributed by atoms with Gasteiger partial charge in [0.1, 0.15) is 5.75 Å². The van der Waals surface area contributed by atoms with E-state index in [1.54, 1.807) is 31.2 Å². The zero-order chi connectivity index (χ0) is 21.7. The van der Waals surface area contributed by atoms with Crippen molar-refractivity contribution < 1.29 is 14.3 Å². The van der Waals surface area contributed by atoms with Crippen LogP contribution in [0.2, 0.25) is 0 Å². The third-order valence-electron chi connectivity index (χ3n) is 7.15. The van der Waals surface area contributed by atoms with Crippen LogP contribution in [0.25, 0.3) is 0 Å². The Kier molecular flexibility index (Phi) is 4.84. The monoisotopic (exact) mass is 421 g/mol. The van der Waals surface area contributed by atoms with Gasteiger partial charge in [0, 0.05) is 50.8 Å². The van der Waals surface area contributed by atoms with Gasteiger partial charge in [-0.2, -0.15) is 0 Å². The highest BCUT2D eigenvalue weighted by atomic mass is 16.5. The molecule has 2 saturated heterocycles. The van der Waals surface area contributed by atoms with Crippen molar-refractivity contribution in [3.05, 3.63) is 64.1 Å². The number of carbonyl (C=O) groups excluding carboxylic acids is 2. The van der Waals surface area contributed by atoms with E-state index < -0.39 is 5.92 Å². The smallest absolute Gasteiger partial charge is 0.250 e. The number of fused-ring (bicyclic) bond motifs is 4. The van der Waals surface area contributed by atoms with Crippen LogP contribution >= 0.6 is 0 Å². The molecule has 2 aromatic rings. The van der Waals surface area contributed by atoms with E-state index >= 15 is 0 Å². The van der Waals surface area contributed by atoms with Crippen LogP contribution in [0.3, 0.4) is 0 Å². The molecule has 5 rings (SSSR count). The quantitative estimate of drug-likeness (QED) is 0.760. The molecule has 0 spiro atoms. The van der Waals surface area contributed by atoms with Crippen LogP contribution in [0.4, 0.5) is 0 Å². The van der Waals surface area contributed by atoms with Crippen LogP contribution in [0.1, 0.15) is 36.1 Å². The molecule has 4 atom stereocenters. The predicted octanol–water partition coefficient (Wildman–Crippen LogP) is 2.02. The maximum absolute atomic E-state index is 13.7. The average Bonchev–Trinajstić information content (AvgIpc) is 3.08. The number of carbonyl (C=O) groups is 2. The summed E-state index contributed by atoms with van der Waals surface area (Å²) in [7, 11) is 3.39. The topological polar surface area (TPSA) is 71.8 Å². The molecular weight excluding hydrogens is 394 g/mol. The molecule has 2 bridgehead atoms. The lowest BCUT2D eigenvalue weighted by Gasteiger charge is -2.43. The highest BCUT2D eigenvalue weighted by Gasteiger charge is 2.46. The number of methoxy groups -OCH3 is 1. The molecule has 1 aromatic heterocycles. The minimum Gasteiger partial charge on any atom is -0.497 e. The number of nitrogens with zero attached hydrogens (tertiary/aromatic N) is 3. The number of hydrogen-bond donors (Lipinski definition) is 0. The first kappa shape index (κ1) is 19.8. The molecule has 0 unspecified atom stereocenters.